The largest absolute Gasteiger partial charge is 0.309 e. The van der Waals surface area contributed by atoms with Gasteiger partial charge in [-0.3, -0.25) is 0 Å². The fourth-order valence-electron chi connectivity index (χ4n) is 9.33. The summed E-state index contributed by atoms with van der Waals surface area (Å²) in [5.41, 5.74) is 19.2. The molecule has 7 aromatic carbocycles. The summed E-state index contributed by atoms with van der Waals surface area (Å²) < 4.78 is 2.50. The highest BCUT2D eigenvalue weighted by molar-refractivity contribution is 6.16. The molecular formula is C67H73N. The lowest BCUT2D eigenvalue weighted by molar-refractivity contribution is 0.719. The Morgan fingerprint density at radius 3 is 1.65 bits per heavy atom. The lowest BCUT2D eigenvalue weighted by atomic mass is 9.65. The molecule has 346 valence electrons. The average molecular weight is 892 g/mol. The summed E-state index contributed by atoms with van der Waals surface area (Å²) >= 11 is 0. The molecule has 0 bridgehead atoms. The number of allylic oxidation sites excluding steroid dienone is 11. The van der Waals surface area contributed by atoms with Crippen molar-refractivity contribution in [2.75, 3.05) is 0 Å². The van der Waals surface area contributed by atoms with E-state index in [0.29, 0.717) is 0 Å². The fraction of sp³-hybridized carbons (Fsp3) is 0.194. The normalized spacial score (nSPS) is 14.5. The van der Waals surface area contributed by atoms with E-state index in [2.05, 4.69) is 227 Å². The third-order valence-electron chi connectivity index (χ3n) is 12.2. The fourth-order valence-corrected chi connectivity index (χ4v) is 9.33. The van der Waals surface area contributed by atoms with E-state index in [1.54, 1.807) is 6.08 Å². The Morgan fingerprint density at radius 1 is 0.559 bits per heavy atom. The Hall–Kier alpha value is -7.22. The minimum absolute atomic E-state index is 0.393. The molecule has 1 unspecified atom stereocenters. The zero-order valence-electron chi connectivity index (χ0n) is 42.6. The number of rotatable bonds is 6. The number of benzene rings is 7. The van der Waals surface area contributed by atoms with Crippen LogP contribution < -0.4 is 0 Å². The summed E-state index contributed by atoms with van der Waals surface area (Å²) in [6.07, 6.45) is 15.7. The van der Waals surface area contributed by atoms with E-state index in [0.717, 1.165) is 6.42 Å². The second-order valence-corrected chi connectivity index (χ2v) is 16.2. The minimum Gasteiger partial charge on any atom is -0.309 e. The molecule has 2 aliphatic rings. The van der Waals surface area contributed by atoms with Crippen LogP contribution in [-0.4, -0.2) is 4.57 Å². The Morgan fingerprint density at radius 2 is 1.09 bits per heavy atom. The van der Waals surface area contributed by atoms with Gasteiger partial charge in [0.15, 0.2) is 0 Å². The summed E-state index contributed by atoms with van der Waals surface area (Å²) in [4.78, 5) is 0. The van der Waals surface area contributed by atoms with Gasteiger partial charge < -0.3 is 4.57 Å². The van der Waals surface area contributed by atoms with Crippen LogP contribution in [0.15, 0.2) is 231 Å². The smallest absolute Gasteiger partial charge is 0.0682 e. The summed E-state index contributed by atoms with van der Waals surface area (Å²) in [5.74, 6) is 0. The Kier molecular flexibility index (Phi) is 19.5. The zero-order chi connectivity index (χ0) is 49.1. The van der Waals surface area contributed by atoms with Crippen LogP contribution in [0, 0.1) is 27.7 Å². The van der Waals surface area contributed by atoms with Gasteiger partial charge in [0, 0.05) is 16.3 Å². The van der Waals surface area contributed by atoms with E-state index in [1.807, 2.05) is 72.7 Å². The maximum atomic E-state index is 3.66. The van der Waals surface area contributed by atoms with Crippen LogP contribution in [-0.2, 0) is 5.41 Å². The second kappa shape index (κ2) is 25.6. The molecule has 1 aromatic heterocycles. The average Bonchev–Trinajstić information content (AvgIpc) is 3.77. The van der Waals surface area contributed by atoms with Crippen LogP contribution >= 0.6 is 0 Å². The molecule has 1 nitrogen and oxygen atoms in total. The predicted octanol–water partition coefficient (Wildman–Crippen LogP) is 19.2. The number of fused-ring (bicyclic) bond motifs is 5. The number of nitrogens with zero attached hydrogens (tertiary/aromatic N) is 1. The van der Waals surface area contributed by atoms with Crippen molar-refractivity contribution in [1.82, 2.24) is 4.57 Å². The van der Waals surface area contributed by atoms with E-state index in [9.17, 15) is 0 Å². The van der Waals surface area contributed by atoms with Crippen LogP contribution in [0.4, 0.5) is 0 Å². The van der Waals surface area contributed by atoms with Crippen molar-refractivity contribution in [3.05, 3.63) is 281 Å². The lowest BCUT2D eigenvalue weighted by Gasteiger charge is -2.37. The zero-order valence-corrected chi connectivity index (χ0v) is 42.6. The molecule has 0 aliphatic heterocycles. The van der Waals surface area contributed by atoms with Crippen molar-refractivity contribution in [3.8, 4) is 0 Å². The monoisotopic (exact) mass is 892 g/mol. The van der Waals surface area contributed by atoms with Gasteiger partial charge in [-0.15, -0.1) is 0 Å². The van der Waals surface area contributed by atoms with Crippen molar-refractivity contribution in [1.29, 1.82) is 0 Å². The summed E-state index contributed by atoms with van der Waals surface area (Å²) in [6.45, 7) is 26.4. The molecule has 0 saturated carbocycles. The number of aromatic nitrogens is 1. The van der Waals surface area contributed by atoms with Crippen molar-refractivity contribution >= 4 is 38.6 Å². The van der Waals surface area contributed by atoms with E-state index in [-0.39, 0.29) is 0 Å². The SMILES string of the molecule is C=C/C=C\C(=C/C)c1ccc(C)cc1.CC.CC.CC.Cc1ccc2c(c1)C(c1ccccc1)(c1ccccc1C)C1=C2C(n2c3ccccc3c3ccccc32)=CC=CC1.Cc1ccccc1. The highest BCUT2D eigenvalue weighted by Crippen LogP contribution is 2.59. The number of para-hydroxylation sites is 2. The van der Waals surface area contributed by atoms with Gasteiger partial charge in [-0.05, 0) is 104 Å². The van der Waals surface area contributed by atoms with E-state index >= 15 is 0 Å². The number of hydrogen-bond donors (Lipinski definition) is 0. The molecule has 1 heteroatoms. The number of hydrogen-bond acceptors (Lipinski definition) is 0. The van der Waals surface area contributed by atoms with Gasteiger partial charge >= 0.3 is 0 Å². The first-order chi connectivity index (χ1) is 33.4. The topological polar surface area (TPSA) is 4.93 Å². The molecule has 2 aliphatic carbocycles. The lowest BCUT2D eigenvalue weighted by Crippen LogP contribution is -2.31. The molecule has 0 saturated heterocycles. The summed E-state index contributed by atoms with van der Waals surface area (Å²) in [7, 11) is 0. The van der Waals surface area contributed by atoms with Crippen molar-refractivity contribution in [2.24, 2.45) is 0 Å². The molecule has 0 radical (unpaired) electrons. The molecule has 1 atom stereocenters. The van der Waals surface area contributed by atoms with E-state index in [4.69, 9.17) is 0 Å². The quantitative estimate of drug-likeness (QED) is 0.147. The van der Waals surface area contributed by atoms with Crippen LogP contribution in [0.5, 0.6) is 0 Å². The molecule has 8 aromatic rings. The first-order valence-corrected chi connectivity index (χ1v) is 24.7. The van der Waals surface area contributed by atoms with Crippen molar-refractivity contribution in [2.45, 2.75) is 88.0 Å². The maximum Gasteiger partial charge on any atom is 0.0682 e. The minimum atomic E-state index is -0.393. The molecule has 1 heterocycles. The van der Waals surface area contributed by atoms with E-state index in [1.165, 1.54) is 94.3 Å². The predicted molar refractivity (Wildman–Crippen MR) is 302 cm³/mol. The van der Waals surface area contributed by atoms with Gasteiger partial charge in [0.2, 0.25) is 0 Å². The highest BCUT2D eigenvalue weighted by Gasteiger charge is 2.49. The molecule has 0 amide bonds. The Balaban J connectivity index is 0.000000264. The van der Waals surface area contributed by atoms with Gasteiger partial charge in [-0.2, -0.15) is 0 Å². The van der Waals surface area contributed by atoms with Crippen LogP contribution in [0.1, 0.15) is 105 Å². The maximum absolute atomic E-state index is 3.66. The van der Waals surface area contributed by atoms with Crippen LogP contribution in [0.25, 0.3) is 38.6 Å². The van der Waals surface area contributed by atoms with Gasteiger partial charge in [-0.25, -0.2) is 0 Å². The van der Waals surface area contributed by atoms with Crippen molar-refractivity contribution < 1.29 is 0 Å². The first kappa shape index (κ1) is 51.8. The molecule has 0 N–H and O–H groups in total. The first-order valence-electron chi connectivity index (χ1n) is 24.7. The molecule has 0 fully saturated rings. The van der Waals surface area contributed by atoms with Gasteiger partial charge in [0.1, 0.15) is 0 Å². The van der Waals surface area contributed by atoms with Gasteiger partial charge in [0.25, 0.3) is 0 Å². The van der Waals surface area contributed by atoms with Crippen molar-refractivity contribution in [3.63, 3.8) is 0 Å². The molecule has 0 spiro atoms. The summed E-state index contributed by atoms with van der Waals surface area (Å²) in [6, 6.07) is 63.7. The highest BCUT2D eigenvalue weighted by atomic mass is 15.0. The van der Waals surface area contributed by atoms with Crippen LogP contribution in [0.2, 0.25) is 0 Å². The van der Waals surface area contributed by atoms with E-state index < -0.39 is 5.41 Å². The standard InChI is InChI=1S/C40H31N.C14H16.C7H8.3C2H6/c1-27-24-25-32-35(26-27)40(29-15-4-3-5-16-29,33-19-9-6-14-28(33)2)34-20-10-13-23-38(39(32)34)41-36-21-11-7-17-30(36)31-18-8-12-22-37(31)41;1-4-6-7-13(5-2)14-10-8-12(3)9-11-14;1-7-5-3-2-4-6-7;3*1-2/h3-19,21-26H,20H2,1-2H3;4-11H,1H2,2-3H3;2-6H,1H3;3*1-2H3/b;7-6-,13-5+;;;;. The number of aryl methyl sites for hydroxylation is 4. The van der Waals surface area contributed by atoms with Gasteiger partial charge in [0.05, 0.1) is 22.1 Å². The summed E-state index contributed by atoms with van der Waals surface area (Å²) in [5, 5.41) is 2.57. The third-order valence-corrected chi connectivity index (χ3v) is 12.2. The molecule has 68 heavy (non-hydrogen) atoms. The third kappa shape index (κ3) is 11.0. The molecular weight excluding hydrogens is 819 g/mol. The van der Waals surface area contributed by atoms with Crippen LogP contribution in [0.3, 0.4) is 0 Å². The Bertz CT molecular complexity index is 2970. The Labute approximate surface area is 410 Å². The van der Waals surface area contributed by atoms with Gasteiger partial charge in [-0.1, -0.05) is 265 Å². The second-order valence-electron chi connectivity index (χ2n) is 16.2. The molecule has 10 rings (SSSR count).